The minimum Gasteiger partial charge on any atom is -0.390 e. The zero-order valence-corrected chi connectivity index (χ0v) is 12.4. The highest BCUT2D eigenvalue weighted by Crippen LogP contribution is 2.24. The van der Waals surface area contributed by atoms with E-state index in [-0.39, 0.29) is 6.10 Å². The van der Waals surface area contributed by atoms with Crippen LogP contribution in [-0.2, 0) is 11.2 Å². The van der Waals surface area contributed by atoms with Gasteiger partial charge in [-0.05, 0) is 39.3 Å². The van der Waals surface area contributed by atoms with Crippen molar-refractivity contribution in [2.24, 2.45) is 0 Å². The number of aliphatic hydroxyl groups excluding tert-OH is 1. The summed E-state index contributed by atoms with van der Waals surface area (Å²) in [6.45, 7) is 6.98. The summed E-state index contributed by atoms with van der Waals surface area (Å²) in [7, 11) is 0. The third-order valence-corrected chi connectivity index (χ3v) is 4.46. The van der Waals surface area contributed by atoms with Gasteiger partial charge >= 0.3 is 0 Å². The fourth-order valence-electron chi connectivity index (χ4n) is 3.20. The van der Waals surface area contributed by atoms with Crippen molar-refractivity contribution in [3.05, 3.63) is 18.0 Å². The number of aliphatic hydroxyl groups is 1. The predicted molar refractivity (Wildman–Crippen MR) is 76.7 cm³/mol. The Hall–Kier alpha value is -0.910. The Balaban J connectivity index is 1.57. The average Bonchev–Trinajstić information content (AvgIpc) is 3.05. The van der Waals surface area contributed by atoms with Crippen LogP contribution in [0.3, 0.4) is 0 Å². The molecule has 0 aliphatic carbocycles. The van der Waals surface area contributed by atoms with Crippen molar-refractivity contribution >= 4 is 0 Å². The molecule has 2 saturated heterocycles. The summed E-state index contributed by atoms with van der Waals surface area (Å²) in [6, 6.07) is 2.93. The lowest BCUT2D eigenvalue weighted by molar-refractivity contribution is -0.102. The molecule has 1 N–H and O–H groups in total. The quantitative estimate of drug-likeness (QED) is 0.900. The van der Waals surface area contributed by atoms with Gasteiger partial charge in [0.2, 0.25) is 0 Å². The molecule has 5 heteroatoms. The van der Waals surface area contributed by atoms with Crippen LogP contribution in [0.15, 0.2) is 12.3 Å². The Morgan fingerprint density at radius 2 is 2.35 bits per heavy atom. The van der Waals surface area contributed by atoms with Gasteiger partial charge < -0.3 is 9.84 Å². The fourth-order valence-corrected chi connectivity index (χ4v) is 3.20. The molecular formula is C15H25N3O2. The minimum atomic E-state index is -0.466. The van der Waals surface area contributed by atoms with Crippen LogP contribution in [-0.4, -0.2) is 57.7 Å². The fraction of sp³-hybridized carbons (Fsp3) is 0.800. The second-order valence-corrected chi connectivity index (χ2v) is 6.32. The number of hydrogen-bond donors (Lipinski definition) is 1. The lowest BCUT2D eigenvalue weighted by atomic mass is 10.1. The second-order valence-electron chi connectivity index (χ2n) is 6.32. The molecule has 0 amide bonds. The molecule has 0 saturated carbocycles. The van der Waals surface area contributed by atoms with Crippen molar-refractivity contribution in [1.82, 2.24) is 14.7 Å². The van der Waals surface area contributed by atoms with Gasteiger partial charge in [-0.3, -0.25) is 9.58 Å². The maximum Gasteiger partial charge on any atom is 0.0965 e. The maximum absolute atomic E-state index is 10.4. The van der Waals surface area contributed by atoms with Crippen LogP contribution >= 0.6 is 0 Å². The van der Waals surface area contributed by atoms with Crippen molar-refractivity contribution in [1.29, 1.82) is 0 Å². The van der Waals surface area contributed by atoms with Gasteiger partial charge in [0.15, 0.2) is 0 Å². The van der Waals surface area contributed by atoms with Gasteiger partial charge in [0.25, 0.3) is 0 Å². The summed E-state index contributed by atoms with van der Waals surface area (Å²) in [4.78, 5) is 2.46. The lowest BCUT2D eigenvalue weighted by Gasteiger charge is -2.37. The zero-order chi connectivity index (χ0) is 14.1. The maximum atomic E-state index is 10.4. The molecule has 2 fully saturated rings. The number of morpholine rings is 1. The van der Waals surface area contributed by atoms with Gasteiger partial charge in [0.05, 0.1) is 24.5 Å². The molecule has 0 spiro atoms. The number of aromatic nitrogens is 2. The number of ether oxygens (including phenoxy) is 1. The third-order valence-electron chi connectivity index (χ3n) is 4.46. The molecule has 112 valence electrons. The molecule has 3 unspecified atom stereocenters. The first kappa shape index (κ1) is 14.0. The summed E-state index contributed by atoms with van der Waals surface area (Å²) in [5.41, 5.74) is 0.943. The summed E-state index contributed by atoms with van der Waals surface area (Å²) in [5, 5.41) is 14.9. The zero-order valence-electron chi connectivity index (χ0n) is 12.4. The van der Waals surface area contributed by atoms with Crippen LogP contribution in [0.2, 0.25) is 0 Å². The Morgan fingerprint density at radius 1 is 1.50 bits per heavy atom. The van der Waals surface area contributed by atoms with Crippen LogP contribution in [0.4, 0.5) is 0 Å². The molecule has 20 heavy (non-hydrogen) atoms. The van der Waals surface area contributed by atoms with E-state index in [0.717, 1.165) is 25.4 Å². The van der Waals surface area contributed by atoms with Crippen LogP contribution in [0.5, 0.6) is 0 Å². The largest absolute Gasteiger partial charge is 0.390 e. The van der Waals surface area contributed by atoms with Crippen LogP contribution in [0, 0.1) is 0 Å². The van der Waals surface area contributed by atoms with Gasteiger partial charge in [-0.1, -0.05) is 0 Å². The van der Waals surface area contributed by atoms with Crippen molar-refractivity contribution < 1.29 is 9.84 Å². The van der Waals surface area contributed by atoms with Crippen molar-refractivity contribution in [3.8, 4) is 0 Å². The normalized spacial score (nSPS) is 28.8. The summed E-state index contributed by atoms with van der Waals surface area (Å²) < 4.78 is 7.78. The SMILES string of the molecule is CC(C)n1ccc(CC(O)C2CN3CCCC3CO2)n1. The molecule has 3 heterocycles. The number of rotatable bonds is 4. The molecule has 1 aromatic heterocycles. The second kappa shape index (κ2) is 5.84. The molecule has 0 bridgehead atoms. The molecule has 0 radical (unpaired) electrons. The van der Waals surface area contributed by atoms with Gasteiger partial charge in [0.1, 0.15) is 0 Å². The first-order valence-corrected chi connectivity index (χ1v) is 7.71. The van der Waals surface area contributed by atoms with Crippen molar-refractivity contribution in [2.75, 3.05) is 19.7 Å². The highest BCUT2D eigenvalue weighted by Gasteiger charge is 2.35. The Kier molecular flexibility index (Phi) is 4.10. The van der Waals surface area contributed by atoms with E-state index in [2.05, 4.69) is 23.8 Å². The van der Waals surface area contributed by atoms with Crippen LogP contribution in [0.1, 0.15) is 38.4 Å². The highest BCUT2D eigenvalue weighted by atomic mass is 16.5. The van der Waals surface area contributed by atoms with Crippen LogP contribution in [0.25, 0.3) is 0 Å². The van der Waals surface area contributed by atoms with E-state index in [1.807, 2.05) is 16.9 Å². The van der Waals surface area contributed by atoms with E-state index in [0.29, 0.717) is 18.5 Å². The van der Waals surface area contributed by atoms with Gasteiger partial charge in [0, 0.05) is 31.2 Å². The number of fused-ring (bicyclic) bond motifs is 1. The molecule has 0 aromatic carbocycles. The Bertz CT molecular complexity index is 446. The topological polar surface area (TPSA) is 50.5 Å². The van der Waals surface area contributed by atoms with Gasteiger partial charge in [-0.15, -0.1) is 0 Å². The summed E-state index contributed by atoms with van der Waals surface area (Å²) in [6.07, 6.45) is 4.51. The van der Waals surface area contributed by atoms with Crippen molar-refractivity contribution in [3.63, 3.8) is 0 Å². The molecule has 5 nitrogen and oxygen atoms in total. The van der Waals surface area contributed by atoms with Crippen molar-refractivity contribution in [2.45, 2.75) is 57.4 Å². The van der Waals surface area contributed by atoms with E-state index in [1.54, 1.807) is 0 Å². The molecule has 2 aliphatic heterocycles. The Morgan fingerprint density at radius 3 is 3.10 bits per heavy atom. The summed E-state index contributed by atoms with van der Waals surface area (Å²) >= 11 is 0. The first-order valence-electron chi connectivity index (χ1n) is 7.71. The third kappa shape index (κ3) is 2.90. The van der Waals surface area contributed by atoms with E-state index in [4.69, 9.17) is 4.74 Å². The minimum absolute atomic E-state index is 0.0754. The standard InChI is InChI=1S/C15H25N3O2/c1-11(2)18-7-5-12(16-18)8-14(19)15-9-17-6-3-4-13(17)10-20-15/h5,7,11,13-15,19H,3-4,6,8-10H2,1-2H3. The smallest absolute Gasteiger partial charge is 0.0965 e. The number of nitrogens with zero attached hydrogens (tertiary/aromatic N) is 3. The van der Waals surface area contributed by atoms with Gasteiger partial charge in [-0.25, -0.2) is 0 Å². The number of hydrogen-bond acceptors (Lipinski definition) is 4. The average molecular weight is 279 g/mol. The van der Waals surface area contributed by atoms with E-state index >= 15 is 0 Å². The molecule has 3 rings (SSSR count). The first-order chi connectivity index (χ1) is 9.63. The lowest BCUT2D eigenvalue weighted by Crippen LogP contribution is -2.50. The molecular weight excluding hydrogens is 254 g/mol. The predicted octanol–water partition coefficient (Wildman–Crippen LogP) is 1.23. The monoisotopic (exact) mass is 279 g/mol. The van der Waals surface area contributed by atoms with Crippen LogP contribution < -0.4 is 0 Å². The molecule has 3 atom stereocenters. The molecule has 2 aliphatic rings. The van der Waals surface area contributed by atoms with E-state index < -0.39 is 6.10 Å². The Labute approximate surface area is 120 Å². The highest BCUT2D eigenvalue weighted by molar-refractivity contribution is 5.02. The van der Waals surface area contributed by atoms with E-state index in [9.17, 15) is 5.11 Å². The molecule has 1 aromatic rings. The summed E-state index contributed by atoms with van der Waals surface area (Å²) in [5.74, 6) is 0. The van der Waals surface area contributed by atoms with Gasteiger partial charge in [-0.2, -0.15) is 5.10 Å². The van der Waals surface area contributed by atoms with E-state index in [1.165, 1.54) is 12.8 Å².